The van der Waals surface area contributed by atoms with Crippen LogP contribution in [-0.4, -0.2) is 19.2 Å². The largest absolute Gasteiger partial charge is 0.513 e. The fourth-order valence-corrected chi connectivity index (χ4v) is 1.03. The molecule has 0 aliphatic carbocycles. The maximum atomic E-state index is 10.8. The minimum atomic E-state index is -0.793. The Bertz CT molecular complexity index is 424. The van der Waals surface area contributed by atoms with Crippen LogP contribution in [0.25, 0.3) is 6.08 Å². The van der Waals surface area contributed by atoms with Crippen molar-refractivity contribution < 1.29 is 23.4 Å². The van der Waals surface area contributed by atoms with Crippen LogP contribution in [0.5, 0.6) is 5.75 Å². The van der Waals surface area contributed by atoms with E-state index in [0.717, 1.165) is 5.56 Å². The van der Waals surface area contributed by atoms with Crippen LogP contribution in [0, 0.1) is 0 Å². The number of methoxy groups -OCH3 is 1. The summed E-state index contributed by atoms with van der Waals surface area (Å²) >= 11 is 4.84. The van der Waals surface area contributed by atoms with Gasteiger partial charge in [-0.1, -0.05) is 12.1 Å². The predicted octanol–water partition coefficient (Wildman–Crippen LogP) is 2.54. The van der Waals surface area contributed by atoms with Crippen molar-refractivity contribution in [3.8, 4) is 5.75 Å². The normalized spacial score (nSPS) is 10.0. The number of hydrogen-bond acceptors (Lipinski definition) is 5. The zero-order valence-electron chi connectivity index (χ0n) is 8.88. The van der Waals surface area contributed by atoms with Gasteiger partial charge in [0.2, 0.25) is 0 Å². The van der Waals surface area contributed by atoms with Gasteiger partial charge in [0, 0.05) is 6.08 Å². The molecule has 1 rings (SSSR count). The first-order chi connectivity index (χ1) is 8.15. The Kier molecular flexibility index (Phi) is 5.03. The maximum Gasteiger partial charge on any atom is 0.513 e. The van der Waals surface area contributed by atoms with Gasteiger partial charge in [0.1, 0.15) is 17.6 Å². The SMILES string of the molecule is COC(=O)Oc1ccc(/C=C/C(=O)OCl)cc1. The number of hydrogen-bond donors (Lipinski definition) is 0. The van der Waals surface area contributed by atoms with E-state index in [2.05, 4.69) is 9.03 Å². The Hall–Kier alpha value is -2.01. The molecule has 0 unspecified atom stereocenters. The molecule has 5 nitrogen and oxygen atoms in total. The average Bonchev–Trinajstić information content (AvgIpc) is 2.37. The fourth-order valence-electron chi connectivity index (χ4n) is 0.975. The highest BCUT2D eigenvalue weighted by Gasteiger charge is 2.02. The van der Waals surface area contributed by atoms with Crippen LogP contribution in [0.2, 0.25) is 0 Å². The van der Waals surface area contributed by atoms with Gasteiger partial charge < -0.3 is 13.8 Å². The van der Waals surface area contributed by atoms with Crippen molar-refractivity contribution in [3.63, 3.8) is 0 Å². The van der Waals surface area contributed by atoms with E-state index in [9.17, 15) is 9.59 Å². The van der Waals surface area contributed by atoms with E-state index in [1.807, 2.05) is 0 Å². The molecule has 6 heteroatoms. The van der Waals surface area contributed by atoms with Crippen molar-refractivity contribution >= 4 is 30.1 Å². The van der Waals surface area contributed by atoms with Crippen LogP contribution in [0.15, 0.2) is 30.3 Å². The van der Waals surface area contributed by atoms with Gasteiger partial charge in [0.05, 0.1) is 7.11 Å². The van der Waals surface area contributed by atoms with Crippen LogP contribution >= 0.6 is 11.9 Å². The molecule has 0 saturated carbocycles. The number of rotatable bonds is 3. The highest BCUT2D eigenvalue weighted by Crippen LogP contribution is 2.13. The quantitative estimate of drug-likeness (QED) is 0.472. The second-order valence-electron chi connectivity index (χ2n) is 2.85. The molecule has 1 aromatic carbocycles. The van der Waals surface area contributed by atoms with Crippen LogP contribution in [0.3, 0.4) is 0 Å². The maximum absolute atomic E-state index is 10.8. The molecule has 0 N–H and O–H groups in total. The van der Waals surface area contributed by atoms with Gasteiger partial charge in [-0.25, -0.2) is 9.59 Å². The topological polar surface area (TPSA) is 61.8 Å². The van der Waals surface area contributed by atoms with Gasteiger partial charge in [0.25, 0.3) is 0 Å². The zero-order chi connectivity index (χ0) is 12.7. The molecule has 1 aromatic rings. The number of benzene rings is 1. The molecule has 90 valence electrons. The number of halogens is 1. The third-order valence-corrected chi connectivity index (χ3v) is 1.89. The third-order valence-electron chi connectivity index (χ3n) is 1.74. The second-order valence-corrected chi connectivity index (χ2v) is 3.01. The van der Waals surface area contributed by atoms with E-state index in [4.69, 9.17) is 16.6 Å². The molecule has 0 aromatic heterocycles. The molecule has 0 heterocycles. The van der Waals surface area contributed by atoms with Crippen molar-refractivity contribution in [2.75, 3.05) is 7.11 Å². The summed E-state index contributed by atoms with van der Waals surface area (Å²) in [6, 6.07) is 6.41. The number of carbonyl (C=O) groups excluding carboxylic acids is 2. The van der Waals surface area contributed by atoms with Crippen LogP contribution < -0.4 is 4.74 Å². The molecule has 17 heavy (non-hydrogen) atoms. The van der Waals surface area contributed by atoms with Crippen molar-refractivity contribution in [2.24, 2.45) is 0 Å². The van der Waals surface area contributed by atoms with Crippen LogP contribution in [-0.2, 0) is 13.8 Å². The summed E-state index contributed by atoms with van der Waals surface area (Å²) in [6.45, 7) is 0. The highest BCUT2D eigenvalue weighted by atomic mass is 35.5. The van der Waals surface area contributed by atoms with E-state index < -0.39 is 12.1 Å². The van der Waals surface area contributed by atoms with Gasteiger partial charge in [-0.15, -0.1) is 0 Å². The third kappa shape index (κ3) is 4.56. The van der Waals surface area contributed by atoms with E-state index in [0.29, 0.717) is 5.75 Å². The summed E-state index contributed by atoms with van der Waals surface area (Å²) < 4.78 is 13.0. The molecular weight excluding hydrogens is 248 g/mol. The minimum Gasteiger partial charge on any atom is -0.437 e. The van der Waals surface area contributed by atoms with Crippen molar-refractivity contribution in [2.45, 2.75) is 0 Å². The molecule has 0 bridgehead atoms. The Labute approximate surface area is 103 Å². The first kappa shape index (κ1) is 13.1. The summed E-state index contributed by atoms with van der Waals surface area (Å²) in [4.78, 5) is 21.5. The summed E-state index contributed by atoms with van der Waals surface area (Å²) in [5, 5.41) is 0. The molecule has 0 amide bonds. The van der Waals surface area contributed by atoms with Gasteiger partial charge in [-0.2, -0.15) is 0 Å². The molecule has 0 saturated heterocycles. The second kappa shape index (κ2) is 6.55. The molecule has 0 radical (unpaired) electrons. The van der Waals surface area contributed by atoms with E-state index in [1.54, 1.807) is 24.3 Å². The molecular formula is C11H9ClO5. The Morgan fingerprint density at radius 2 is 1.88 bits per heavy atom. The van der Waals surface area contributed by atoms with Crippen molar-refractivity contribution in [3.05, 3.63) is 35.9 Å². The summed E-state index contributed by atoms with van der Waals surface area (Å²) in [6.07, 6.45) is 1.88. The predicted molar refractivity (Wildman–Crippen MR) is 60.5 cm³/mol. The van der Waals surface area contributed by atoms with Gasteiger partial charge in [-0.05, 0) is 23.8 Å². The molecule has 0 spiro atoms. The lowest BCUT2D eigenvalue weighted by molar-refractivity contribution is -0.128. The smallest absolute Gasteiger partial charge is 0.437 e. The Morgan fingerprint density at radius 3 is 2.41 bits per heavy atom. The first-order valence-electron chi connectivity index (χ1n) is 4.52. The van der Waals surface area contributed by atoms with Crippen LogP contribution in [0.4, 0.5) is 4.79 Å². The minimum absolute atomic E-state index is 0.342. The number of carbonyl (C=O) groups is 2. The summed E-state index contributed by atoms with van der Waals surface area (Å²) in [7, 11) is 1.22. The van der Waals surface area contributed by atoms with Gasteiger partial charge in [-0.3, -0.25) is 0 Å². The average molecular weight is 257 g/mol. The lowest BCUT2D eigenvalue weighted by atomic mass is 10.2. The van der Waals surface area contributed by atoms with Crippen LogP contribution in [0.1, 0.15) is 5.56 Å². The summed E-state index contributed by atoms with van der Waals surface area (Å²) in [5.74, 6) is -0.324. The lowest BCUT2D eigenvalue weighted by Gasteiger charge is -2.02. The summed E-state index contributed by atoms with van der Waals surface area (Å²) in [5.41, 5.74) is 0.726. The van der Waals surface area contributed by atoms with E-state index in [1.165, 1.54) is 19.3 Å². The van der Waals surface area contributed by atoms with Crippen molar-refractivity contribution in [1.82, 2.24) is 0 Å². The molecule has 0 aliphatic heterocycles. The first-order valence-corrected chi connectivity index (χ1v) is 4.83. The zero-order valence-corrected chi connectivity index (χ0v) is 9.64. The Balaban J connectivity index is 2.65. The molecule has 0 atom stereocenters. The number of ether oxygens (including phenoxy) is 2. The molecule has 0 aliphatic rings. The van der Waals surface area contributed by atoms with Crippen molar-refractivity contribution in [1.29, 1.82) is 0 Å². The van der Waals surface area contributed by atoms with E-state index >= 15 is 0 Å². The van der Waals surface area contributed by atoms with Gasteiger partial charge >= 0.3 is 12.1 Å². The lowest BCUT2D eigenvalue weighted by Crippen LogP contribution is -2.06. The standard InChI is InChI=1S/C11H9ClO5/c1-15-11(14)16-9-5-2-8(3-6-9)4-7-10(13)17-12/h2-7H,1H3/b7-4+. The van der Waals surface area contributed by atoms with Gasteiger partial charge in [0.15, 0.2) is 0 Å². The van der Waals surface area contributed by atoms with E-state index in [-0.39, 0.29) is 0 Å². The molecule has 0 fully saturated rings. The Morgan fingerprint density at radius 1 is 1.24 bits per heavy atom. The monoisotopic (exact) mass is 256 g/mol. The highest BCUT2D eigenvalue weighted by molar-refractivity contribution is 6.15. The fraction of sp³-hybridized carbons (Fsp3) is 0.0909.